The van der Waals surface area contributed by atoms with Crippen LogP contribution in [0.25, 0.3) is 10.9 Å². The lowest BCUT2D eigenvalue weighted by molar-refractivity contribution is -0.323. The lowest BCUT2D eigenvalue weighted by Gasteiger charge is -2.12. The van der Waals surface area contributed by atoms with Crippen molar-refractivity contribution < 1.29 is 36.6 Å². The number of ether oxygens (including phenoxy) is 3. The van der Waals surface area contributed by atoms with Gasteiger partial charge in [0.1, 0.15) is 30.3 Å². The molecule has 182 valence electrons. The van der Waals surface area contributed by atoms with Gasteiger partial charge in [-0.2, -0.15) is 0 Å². The minimum Gasteiger partial charge on any atom is -0.491 e. The maximum atomic E-state index is 14.8. The van der Waals surface area contributed by atoms with E-state index >= 15 is 0 Å². The van der Waals surface area contributed by atoms with Crippen LogP contribution in [0.3, 0.4) is 0 Å². The maximum Gasteiger partial charge on any atom is 0.522 e. The van der Waals surface area contributed by atoms with Gasteiger partial charge < -0.3 is 25.4 Å². The second-order valence-corrected chi connectivity index (χ2v) is 6.74. The van der Waals surface area contributed by atoms with E-state index in [9.17, 15) is 22.4 Å². The number of nitrogens with one attached hydrogen (secondary N) is 3. The number of hydrogen-bond donors (Lipinski definition) is 3. The van der Waals surface area contributed by atoms with Crippen LogP contribution in [0, 0.1) is 5.82 Å². The van der Waals surface area contributed by atoms with Crippen molar-refractivity contribution in [2.75, 3.05) is 44.1 Å². The summed E-state index contributed by atoms with van der Waals surface area (Å²) in [5, 5.41) is 7.88. The molecular weight excluding hydrogens is 462 g/mol. The summed E-state index contributed by atoms with van der Waals surface area (Å²) in [5.41, 5.74) is 1.27. The largest absolute Gasteiger partial charge is 0.522 e. The summed E-state index contributed by atoms with van der Waals surface area (Å²) in [4.78, 5) is 20.0. The normalized spacial score (nSPS) is 11.3. The lowest BCUT2D eigenvalue weighted by atomic mass is 10.2. The third-order valence-corrected chi connectivity index (χ3v) is 4.28. The number of carbonyl (C=O) groups is 1. The average molecular weight is 483 g/mol. The van der Waals surface area contributed by atoms with Gasteiger partial charge in [-0.3, -0.25) is 4.74 Å². The number of benzene rings is 2. The predicted octanol–water partition coefficient (Wildman–Crippen LogP) is 4.20. The minimum absolute atomic E-state index is 0.171. The van der Waals surface area contributed by atoms with E-state index in [4.69, 9.17) is 9.47 Å². The topological polar surface area (TPSA) is 107 Å². The van der Waals surface area contributed by atoms with Gasteiger partial charge in [-0.1, -0.05) is 0 Å². The van der Waals surface area contributed by atoms with Gasteiger partial charge in [0, 0.05) is 37.2 Å². The Labute approximate surface area is 191 Å². The standard InChI is InChI=1S/C21H21F4N5O4/c1-32-8-9-33-15-10-16(22)18-17(11-15)27-12-28-19(18)29-13-2-4-14(5-3-13)30-20(31)26-6-7-34-21(23,24)25/h2-5,10-12H,6-9H2,1H3,(H2,26,30,31)(H,27,28,29). The van der Waals surface area contributed by atoms with E-state index in [1.807, 2.05) is 0 Å². The number of anilines is 3. The summed E-state index contributed by atoms with van der Waals surface area (Å²) >= 11 is 0. The number of methoxy groups -OCH3 is 1. The van der Waals surface area contributed by atoms with Crippen molar-refractivity contribution in [3.8, 4) is 5.75 Å². The van der Waals surface area contributed by atoms with Gasteiger partial charge >= 0.3 is 12.4 Å². The molecule has 0 fully saturated rings. The fourth-order valence-electron chi connectivity index (χ4n) is 2.82. The summed E-state index contributed by atoms with van der Waals surface area (Å²) in [6.45, 7) is -0.410. The Kier molecular flexibility index (Phi) is 8.38. The highest BCUT2D eigenvalue weighted by molar-refractivity contribution is 5.92. The van der Waals surface area contributed by atoms with Gasteiger partial charge in [-0.25, -0.2) is 19.2 Å². The number of urea groups is 1. The molecule has 0 aliphatic carbocycles. The molecule has 3 N–H and O–H groups in total. The first-order valence-corrected chi connectivity index (χ1v) is 9.94. The van der Waals surface area contributed by atoms with Crippen molar-refractivity contribution in [1.29, 1.82) is 0 Å². The Morgan fingerprint density at radius 1 is 1.03 bits per heavy atom. The minimum atomic E-state index is -4.75. The fourth-order valence-corrected chi connectivity index (χ4v) is 2.82. The molecule has 0 spiro atoms. The van der Waals surface area contributed by atoms with Crippen molar-refractivity contribution in [3.63, 3.8) is 0 Å². The highest BCUT2D eigenvalue weighted by Crippen LogP contribution is 2.29. The van der Waals surface area contributed by atoms with Crippen LogP contribution in [0.15, 0.2) is 42.7 Å². The van der Waals surface area contributed by atoms with Crippen molar-refractivity contribution >= 4 is 34.1 Å². The van der Waals surface area contributed by atoms with Crippen LogP contribution in [-0.2, 0) is 9.47 Å². The van der Waals surface area contributed by atoms with E-state index in [2.05, 4.69) is 30.7 Å². The smallest absolute Gasteiger partial charge is 0.491 e. The summed E-state index contributed by atoms with van der Waals surface area (Å²) in [5.74, 6) is -0.0306. The van der Waals surface area contributed by atoms with Crippen LogP contribution in [0.5, 0.6) is 5.75 Å². The number of rotatable bonds is 10. The molecule has 0 saturated heterocycles. The summed E-state index contributed by atoms with van der Waals surface area (Å²) in [6, 6.07) is 8.45. The Morgan fingerprint density at radius 3 is 2.47 bits per heavy atom. The molecule has 3 rings (SSSR count). The third-order valence-electron chi connectivity index (χ3n) is 4.28. The molecule has 1 aromatic heterocycles. The summed E-state index contributed by atoms with van der Waals surface area (Å²) in [7, 11) is 1.53. The van der Waals surface area contributed by atoms with Crippen molar-refractivity contribution in [1.82, 2.24) is 15.3 Å². The zero-order valence-electron chi connectivity index (χ0n) is 17.9. The Hall–Kier alpha value is -3.71. The van der Waals surface area contributed by atoms with Crippen LogP contribution < -0.4 is 20.7 Å². The molecule has 0 unspecified atom stereocenters. The first kappa shape index (κ1) is 24.9. The molecule has 0 aliphatic heterocycles. The van der Waals surface area contributed by atoms with Crippen LogP contribution in [0.2, 0.25) is 0 Å². The Bertz CT molecular complexity index is 1110. The van der Waals surface area contributed by atoms with Crippen molar-refractivity contribution in [3.05, 3.63) is 48.5 Å². The molecule has 2 aromatic carbocycles. The van der Waals surface area contributed by atoms with E-state index in [0.29, 0.717) is 29.2 Å². The quantitative estimate of drug-likeness (QED) is 0.293. The SMILES string of the molecule is COCCOc1cc(F)c2c(Nc3ccc(NC(=O)NCCOC(F)(F)F)cc3)ncnc2c1. The molecular formula is C21H21F4N5O4. The van der Waals surface area contributed by atoms with Gasteiger partial charge in [-0.15, -0.1) is 13.2 Å². The molecule has 0 saturated carbocycles. The van der Waals surface area contributed by atoms with Crippen LogP contribution in [0.1, 0.15) is 0 Å². The summed E-state index contributed by atoms with van der Waals surface area (Å²) < 4.78 is 64.4. The lowest BCUT2D eigenvalue weighted by Crippen LogP contribution is -2.32. The molecule has 0 aliphatic rings. The molecule has 13 heteroatoms. The van der Waals surface area contributed by atoms with Gasteiger partial charge in [0.25, 0.3) is 0 Å². The van der Waals surface area contributed by atoms with E-state index in [1.54, 1.807) is 30.3 Å². The monoisotopic (exact) mass is 483 g/mol. The summed E-state index contributed by atoms with van der Waals surface area (Å²) in [6.07, 6.45) is -3.47. The van der Waals surface area contributed by atoms with Gasteiger partial charge in [-0.05, 0) is 24.3 Å². The van der Waals surface area contributed by atoms with E-state index in [-0.39, 0.29) is 24.4 Å². The van der Waals surface area contributed by atoms with Crippen LogP contribution in [0.4, 0.5) is 39.5 Å². The van der Waals surface area contributed by atoms with Gasteiger partial charge in [0.2, 0.25) is 0 Å². The molecule has 3 aromatic rings. The predicted molar refractivity (Wildman–Crippen MR) is 116 cm³/mol. The molecule has 1 heterocycles. The van der Waals surface area contributed by atoms with Crippen molar-refractivity contribution in [2.24, 2.45) is 0 Å². The second-order valence-electron chi connectivity index (χ2n) is 6.74. The van der Waals surface area contributed by atoms with Gasteiger partial charge in [0.15, 0.2) is 0 Å². The first-order valence-electron chi connectivity index (χ1n) is 9.94. The zero-order chi connectivity index (χ0) is 24.6. The molecule has 9 nitrogen and oxygen atoms in total. The number of carbonyl (C=O) groups excluding carboxylic acids is 1. The van der Waals surface area contributed by atoms with E-state index in [1.165, 1.54) is 19.5 Å². The average Bonchev–Trinajstić information content (AvgIpc) is 2.77. The number of amides is 2. The number of nitrogens with zero attached hydrogens (tertiary/aromatic N) is 2. The number of fused-ring (bicyclic) bond motifs is 1. The molecule has 0 atom stereocenters. The number of aromatic nitrogens is 2. The van der Waals surface area contributed by atoms with Crippen LogP contribution in [-0.4, -0.2) is 55.8 Å². The van der Waals surface area contributed by atoms with Crippen molar-refractivity contribution in [2.45, 2.75) is 6.36 Å². The number of alkyl halides is 3. The molecule has 2 amide bonds. The molecule has 0 bridgehead atoms. The third kappa shape index (κ3) is 7.42. The number of hydrogen-bond acceptors (Lipinski definition) is 7. The van der Waals surface area contributed by atoms with E-state index < -0.39 is 24.8 Å². The van der Waals surface area contributed by atoms with Crippen LogP contribution >= 0.6 is 0 Å². The van der Waals surface area contributed by atoms with E-state index in [0.717, 1.165) is 0 Å². The Balaban J connectivity index is 1.61. The molecule has 0 radical (unpaired) electrons. The zero-order valence-corrected chi connectivity index (χ0v) is 17.9. The maximum absolute atomic E-state index is 14.8. The Morgan fingerprint density at radius 2 is 1.76 bits per heavy atom. The first-order chi connectivity index (χ1) is 16.2. The fraction of sp³-hybridized carbons (Fsp3) is 0.286. The number of halogens is 4. The van der Waals surface area contributed by atoms with Gasteiger partial charge in [0.05, 0.1) is 24.1 Å². The highest BCUT2D eigenvalue weighted by atomic mass is 19.4. The second kappa shape index (κ2) is 11.4. The molecule has 34 heavy (non-hydrogen) atoms. The highest BCUT2D eigenvalue weighted by Gasteiger charge is 2.28.